The summed E-state index contributed by atoms with van der Waals surface area (Å²) in [7, 11) is 1.60. The van der Waals surface area contributed by atoms with E-state index in [0.29, 0.717) is 12.4 Å². The highest BCUT2D eigenvalue weighted by Crippen LogP contribution is 2.23. The molecule has 0 atom stereocenters. The van der Waals surface area contributed by atoms with Gasteiger partial charge in [-0.15, -0.1) is 0 Å². The van der Waals surface area contributed by atoms with E-state index in [0.717, 1.165) is 22.2 Å². The second kappa shape index (κ2) is 5.24. The van der Waals surface area contributed by atoms with Gasteiger partial charge in [0.25, 0.3) is 0 Å². The maximum atomic E-state index is 11.7. The molecular formula is C15H14N4O2. The van der Waals surface area contributed by atoms with Gasteiger partial charge in [-0.1, -0.05) is 0 Å². The third-order valence-electron chi connectivity index (χ3n) is 3.26. The summed E-state index contributed by atoms with van der Waals surface area (Å²) in [6.07, 6.45) is 3.14. The number of rotatable bonds is 3. The zero-order valence-electron chi connectivity index (χ0n) is 11.5. The van der Waals surface area contributed by atoms with Crippen LogP contribution in [0.5, 0.6) is 5.75 Å². The summed E-state index contributed by atoms with van der Waals surface area (Å²) in [5, 5.41) is 0.942. The summed E-state index contributed by atoms with van der Waals surface area (Å²) in [6.45, 7) is 0.341. The van der Waals surface area contributed by atoms with Crippen LogP contribution < -0.4 is 16.2 Å². The summed E-state index contributed by atoms with van der Waals surface area (Å²) in [6, 6.07) is 9.23. The van der Waals surface area contributed by atoms with Crippen molar-refractivity contribution < 1.29 is 4.74 Å². The minimum atomic E-state index is -0.313. The lowest BCUT2D eigenvalue weighted by Crippen LogP contribution is -2.22. The molecule has 0 radical (unpaired) electrons. The van der Waals surface area contributed by atoms with Crippen molar-refractivity contribution in [2.45, 2.75) is 6.54 Å². The number of pyridine rings is 1. The maximum Gasteiger partial charge on any atom is 0.347 e. The molecule has 6 nitrogen and oxygen atoms in total. The second-order valence-corrected chi connectivity index (χ2v) is 4.62. The predicted octanol–water partition coefficient (Wildman–Crippen LogP) is 1.43. The average Bonchev–Trinajstić information content (AvgIpc) is 2.49. The Kier molecular flexibility index (Phi) is 3.27. The molecule has 0 saturated heterocycles. The molecule has 0 spiro atoms. The molecular weight excluding hydrogens is 268 g/mol. The number of methoxy groups -OCH3 is 1. The lowest BCUT2D eigenvalue weighted by molar-refractivity contribution is 0.415. The highest BCUT2D eigenvalue weighted by Gasteiger charge is 2.07. The van der Waals surface area contributed by atoms with E-state index in [9.17, 15) is 4.79 Å². The molecule has 2 N–H and O–H groups in total. The molecule has 0 unspecified atom stereocenters. The second-order valence-electron chi connectivity index (χ2n) is 4.62. The summed E-state index contributed by atoms with van der Waals surface area (Å²) in [5.74, 6) is 1.12. The first kappa shape index (κ1) is 13.1. The van der Waals surface area contributed by atoms with Crippen molar-refractivity contribution in [3.05, 3.63) is 58.8 Å². The van der Waals surface area contributed by atoms with Gasteiger partial charge in [0.2, 0.25) is 0 Å². The molecule has 0 fully saturated rings. The third kappa shape index (κ3) is 2.55. The fourth-order valence-electron chi connectivity index (χ4n) is 2.15. The van der Waals surface area contributed by atoms with Crippen LogP contribution in [0.2, 0.25) is 0 Å². The summed E-state index contributed by atoms with van der Waals surface area (Å²) < 4.78 is 6.66. The predicted molar refractivity (Wildman–Crippen MR) is 80.3 cm³/mol. The Balaban J connectivity index is 2.05. The minimum absolute atomic E-state index is 0.313. The molecule has 3 rings (SSSR count). The number of hydrogen-bond acceptors (Lipinski definition) is 5. The number of nitrogens with zero attached hydrogens (tertiary/aromatic N) is 3. The molecule has 0 amide bonds. The number of anilines is 1. The van der Waals surface area contributed by atoms with Gasteiger partial charge in [-0.2, -0.15) is 0 Å². The Hall–Kier alpha value is -2.89. The fourth-order valence-corrected chi connectivity index (χ4v) is 2.15. The van der Waals surface area contributed by atoms with Gasteiger partial charge in [-0.05, 0) is 24.3 Å². The Morgan fingerprint density at radius 2 is 2.19 bits per heavy atom. The van der Waals surface area contributed by atoms with Crippen molar-refractivity contribution in [2.24, 2.45) is 0 Å². The highest BCUT2D eigenvalue weighted by molar-refractivity contribution is 5.82. The van der Waals surface area contributed by atoms with Gasteiger partial charge in [-0.25, -0.2) is 14.8 Å². The van der Waals surface area contributed by atoms with E-state index in [1.807, 2.05) is 24.3 Å². The molecule has 106 valence electrons. The molecule has 0 saturated carbocycles. The molecule has 6 heteroatoms. The van der Waals surface area contributed by atoms with Crippen molar-refractivity contribution in [3.8, 4) is 5.75 Å². The Bertz CT molecular complexity index is 858. The highest BCUT2D eigenvalue weighted by atomic mass is 16.5. The van der Waals surface area contributed by atoms with E-state index in [4.69, 9.17) is 10.5 Å². The van der Waals surface area contributed by atoms with Gasteiger partial charge in [-0.3, -0.25) is 4.57 Å². The van der Waals surface area contributed by atoms with Crippen LogP contribution in [-0.4, -0.2) is 21.6 Å². The van der Waals surface area contributed by atoms with E-state index in [2.05, 4.69) is 9.97 Å². The monoisotopic (exact) mass is 282 g/mol. The van der Waals surface area contributed by atoms with Crippen LogP contribution in [0.25, 0.3) is 10.9 Å². The SMILES string of the molecule is COc1ccc2cc(Cn3cccnc3=O)c(N)nc2c1. The largest absolute Gasteiger partial charge is 0.497 e. The number of nitrogen functional groups attached to an aromatic ring is 1. The lowest BCUT2D eigenvalue weighted by Gasteiger charge is -2.09. The van der Waals surface area contributed by atoms with Crippen LogP contribution in [-0.2, 0) is 6.54 Å². The topological polar surface area (TPSA) is 83.0 Å². The average molecular weight is 282 g/mol. The van der Waals surface area contributed by atoms with Crippen LogP contribution >= 0.6 is 0 Å². The maximum absolute atomic E-state index is 11.7. The number of aromatic nitrogens is 3. The first-order valence-corrected chi connectivity index (χ1v) is 6.42. The van der Waals surface area contributed by atoms with E-state index >= 15 is 0 Å². The Labute approximate surface area is 120 Å². The van der Waals surface area contributed by atoms with Crippen molar-refractivity contribution in [3.63, 3.8) is 0 Å². The third-order valence-corrected chi connectivity index (χ3v) is 3.26. The van der Waals surface area contributed by atoms with Crippen LogP contribution in [0.1, 0.15) is 5.56 Å². The smallest absolute Gasteiger partial charge is 0.347 e. The molecule has 3 aromatic rings. The quantitative estimate of drug-likeness (QED) is 0.785. The van der Waals surface area contributed by atoms with E-state index in [1.54, 1.807) is 19.4 Å². The molecule has 21 heavy (non-hydrogen) atoms. The van der Waals surface area contributed by atoms with Crippen LogP contribution in [0.4, 0.5) is 5.82 Å². The van der Waals surface area contributed by atoms with Crippen LogP contribution in [0.15, 0.2) is 47.5 Å². The number of ether oxygens (including phenoxy) is 1. The van der Waals surface area contributed by atoms with Gasteiger partial charge in [0, 0.05) is 29.4 Å². The van der Waals surface area contributed by atoms with Crippen LogP contribution in [0.3, 0.4) is 0 Å². The van der Waals surface area contributed by atoms with Gasteiger partial charge in [0.05, 0.1) is 19.2 Å². The summed E-state index contributed by atoms with van der Waals surface area (Å²) >= 11 is 0. The Morgan fingerprint density at radius 3 is 2.95 bits per heavy atom. The van der Waals surface area contributed by atoms with Crippen LogP contribution in [0, 0.1) is 0 Å². The normalized spacial score (nSPS) is 10.7. The van der Waals surface area contributed by atoms with Gasteiger partial charge in [0.1, 0.15) is 11.6 Å². The molecule has 0 aliphatic heterocycles. The van der Waals surface area contributed by atoms with E-state index in [1.165, 1.54) is 10.8 Å². The molecule has 0 aliphatic rings. The van der Waals surface area contributed by atoms with Gasteiger partial charge in [0.15, 0.2) is 0 Å². The zero-order valence-corrected chi connectivity index (χ0v) is 11.5. The van der Waals surface area contributed by atoms with Gasteiger partial charge < -0.3 is 10.5 Å². The number of hydrogen-bond donors (Lipinski definition) is 1. The molecule has 0 bridgehead atoms. The van der Waals surface area contributed by atoms with Crippen molar-refractivity contribution in [2.75, 3.05) is 12.8 Å². The van der Waals surface area contributed by atoms with E-state index in [-0.39, 0.29) is 5.69 Å². The lowest BCUT2D eigenvalue weighted by atomic mass is 10.1. The van der Waals surface area contributed by atoms with Gasteiger partial charge >= 0.3 is 5.69 Å². The first-order chi connectivity index (χ1) is 10.2. The number of benzene rings is 1. The summed E-state index contributed by atoms with van der Waals surface area (Å²) in [5.41, 5.74) is 7.21. The molecule has 2 heterocycles. The Morgan fingerprint density at radius 1 is 1.33 bits per heavy atom. The van der Waals surface area contributed by atoms with Crippen molar-refractivity contribution in [1.29, 1.82) is 0 Å². The van der Waals surface area contributed by atoms with Crippen molar-refractivity contribution >= 4 is 16.7 Å². The van der Waals surface area contributed by atoms with E-state index < -0.39 is 0 Å². The molecule has 2 aromatic heterocycles. The molecule has 0 aliphatic carbocycles. The standard InChI is InChI=1S/C15H14N4O2/c1-21-12-4-3-10-7-11(14(16)18-13(10)8-12)9-19-6-2-5-17-15(19)20/h2-8H,9H2,1H3,(H2,16,18). The fraction of sp³-hybridized carbons (Fsp3) is 0.133. The minimum Gasteiger partial charge on any atom is -0.497 e. The molecule has 1 aromatic carbocycles. The number of nitrogens with two attached hydrogens (primary N) is 1. The first-order valence-electron chi connectivity index (χ1n) is 6.42. The zero-order chi connectivity index (χ0) is 14.8. The van der Waals surface area contributed by atoms with Crippen molar-refractivity contribution in [1.82, 2.24) is 14.5 Å². The summed E-state index contributed by atoms with van der Waals surface area (Å²) in [4.78, 5) is 19.7. The number of fused-ring (bicyclic) bond motifs is 1.